The van der Waals surface area contributed by atoms with Crippen molar-refractivity contribution in [1.29, 1.82) is 0 Å². The Morgan fingerprint density at radius 1 is 1.00 bits per heavy atom. The molecule has 4 rings (SSSR count). The molecule has 0 spiro atoms. The van der Waals surface area contributed by atoms with Gasteiger partial charge in [0.05, 0.1) is 18.4 Å². The highest BCUT2D eigenvalue weighted by Gasteiger charge is 2.14. The Morgan fingerprint density at radius 2 is 1.73 bits per heavy atom. The fourth-order valence-corrected chi connectivity index (χ4v) is 4.01. The lowest BCUT2D eigenvalue weighted by atomic mass is 10.1. The number of halogens is 1. The van der Waals surface area contributed by atoms with Gasteiger partial charge in [0.15, 0.2) is 11.6 Å². The number of hydrogen-bond donors (Lipinski definition) is 0. The first-order valence-corrected chi connectivity index (χ1v) is 10.4. The van der Waals surface area contributed by atoms with Crippen LogP contribution in [0.3, 0.4) is 0 Å². The summed E-state index contributed by atoms with van der Waals surface area (Å²) in [6.45, 7) is 1.99. The van der Waals surface area contributed by atoms with Gasteiger partial charge in [-0.1, -0.05) is 30.0 Å². The molecule has 0 fully saturated rings. The predicted octanol–water partition coefficient (Wildman–Crippen LogP) is 5.73. The molecule has 1 aromatic heterocycles. The zero-order chi connectivity index (χ0) is 21.1. The molecule has 0 unspecified atom stereocenters. The Hall–Kier alpha value is -3.25. The van der Waals surface area contributed by atoms with E-state index in [0.29, 0.717) is 17.1 Å². The maximum Gasteiger partial charge on any atom is 0.173 e. The molecule has 0 amide bonds. The topological polar surface area (TPSA) is 52.1 Å². The molecule has 6 heteroatoms. The van der Waals surface area contributed by atoms with Crippen molar-refractivity contribution >= 4 is 28.4 Å². The van der Waals surface area contributed by atoms with Gasteiger partial charge in [-0.3, -0.25) is 4.79 Å². The van der Waals surface area contributed by atoms with Crippen LogP contribution < -0.4 is 4.74 Å². The van der Waals surface area contributed by atoms with Gasteiger partial charge in [0, 0.05) is 16.5 Å². The van der Waals surface area contributed by atoms with Crippen molar-refractivity contribution in [1.82, 2.24) is 9.97 Å². The average molecular weight is 418 g/mol. The van der Waals surface area contributed by atoms with Crippen LogP contribution in [0.2, 0.25) is 0 Å². The maximum atomic E-state index is 13.3. The van der Waals surface area contributed by atoms with Crippen LogP contribution in [-0.4, -0.2) is 28.6 Å². The molecule has 0 saturated heterocycles. The summed E-state index contributed by atoms with van der Waals surface area (Å²) in [5.74, 6) is 1.16. The van der Waals surface area contributed by atoms with E-state index in [1.165, 1.54) is 23.9 Å². The summed E-state index contributed by atoms with van der Waals surface area (Å²) in [5.41, 5.74) is 3.19. The number of aryl methyl sites for hydroxylation is 1. The summed E-state index contributed by atoms with van der Waals surface area (Å²) in [5, 5.41) is 1.62. The van der Waals surface area contributed by atoms with Gasteiger partial charge >= 0.3 is 0 Å². The number of ether oxygens (including phenoxy) is 1. The Kier molecular flexibility index (Phi) is 5.77. The van der Waals surface area contributed by atoms with Gasteiger partial charge in [-0.15, -0.1) is 0 Å². The number of nitrogens with zero attached hydrogens (tertiary/aromatic N) is 2. The number of fused-ring (bicyclic) bond motifs is 1. The SMILES string of the molecule is COc1ccc(C(=O)CSc2nc(-c3ccc(F)cc3)nc3c(C)cccc23)cc1. The highest BCUT2D eigenvalue weighted by Crippen LogP contribution is 2.30. The number of carbonyl (C=O) groups excluding carboxylic acids is 1. The highest BCUT2D eigenvalue weighted by atomic mass is 32.2. The van der Waals surface area contributed by atoms with Gasteiger partial charge in [-0.05, 0) is 61.0 Å². The van der Waals surface area contributed by atoms with Crippen LogP contribution in [0.15, 0.2) is 71.8 Å². The average Bonchev–Trinajstić information content (AvgIpc) is 2.78. The third kappa shape index (κ3) is 4.19. The van der Waals surface area contributed by atoms with Crippen LogP contribution in [0.25, 0.3) is 22.3 Å². The number of benzene rings is 3. The molecular formula is C24H19FN2O2S. The van der Waals surface area contributed by atoms with Crippen molar-refractivity contribution in [3.05, 3.63) is 83.7 Å². The van der Waals surface area contributed by atoms with E-state index in [2.05, 4.69) is 0 Å². The number of aromatic nitrogens is 2. The molecule has 0 aliphatic rings. The van der Waals surface area contributed by atoms with Gasteiger partial charge < -0.3 is 4.74 Å². The summed E-state index contributed by atoms with van der Waals surface area (Å²) in [7, 11) is 1.59. The Bertz CT molecular complexity index is 1210. The van der Waals surface area contributed by atoms with Crippen molar-refractivity contribution in [2.45, 2.75) is 11.9 Å². The van der Waals surface area contributed by atoms with Crippen molar-refractivity contribution < 1.29 is 13.9 Å². The molecule has 0 bridgehead atoms. The molecule has 0 N–H and O–H groups in total. The first-order valence-electron chi connectivity index (χ1n) is 9.38. The molecule has 4 aromatic rings. The molecule has 150 valence electrons. The summed E-state index contributed by atoms with van der Waals surface area (Å²) < 4.78 is 18.5. The van der Waals surface area contributed by atoms with Gasteiger partial charge in [-0.2, -0.15) is 0 Å². The second-order valence-electron chi connectivity index (χ2n) is 6.77. The van der Waals surface area contributed by atoms with Crippen LogP contribution in [0.1, 0.15) is 15.9 Å². The highest BCUT2D eigenvalue weighted by molar-refractivity contribution is 8.00. The van der Waals surface area contributed by atoms with Crippen LogP contribution >= 0.6 is 11.8 Å². The fourth-order valence-electron chi connectivity index (χ4n) is 3.10. The molecule has 0 saturated carbocycles. The minimum absolute atomic E-state index is 0.00500. The smallest absolute Gasteiger partial charge is 0.173 e. The van der Waals surface area contributed by atoms with E-state index in [1.807, 2.05) is 25.1 Å². The Balaban J connectivity index is 1.67. The molecule has 30 heavy (non-hydrogen) atoms. The van der Waals surface area contributed by atoms with Gasteiger partial charge in [0.2, 0.25) is 0 Å². The van der Waals surface area contributed by atoms with E-state index in [4.69, 9.17) is 14.7 Å². The lowest BCUT2D eigenvalue weighted by Gasteiger charge is -2.10. The quantitative estimate of drug-likeness (QED) is 0.227. The Morgan fingerprint density at radius 3 is 2.43 bits per heavy atom. The van der Waals surface area contributed by atoms with Gasteiger partial charge in [-0.25, -0.2) is 14.4 Å². The second kappa shape index (κ2) is 8.63. The third-order valence-corrected chi connectivity index (χ3v) is 5.74. The number of methoxy groups -OCH3 is 1. The summed E-state index contributed by atoms with van der Waals surface area (Å²) >= 11 is 1.38. The van der Waals surface area contributed by atoms with Crippen LogP contribution in [-0.2, 0) is 0 Å². The number of Topliss-reactive ketones (excluding diaryl/α,β-unsaturated/α-hetero) is 1. The molecule has 1 heterocycles. The third-order valence-electron chi connectivity index (χ3n) is 4.75. The molecule has 0 atom stereocenters. The zero-order valence-electron chi connectivity index (χ0n) is 16.6. The fraction of sp³-hybridized carbons (Fsp3) is 0.125. The number of para-hydroxylation sites is 1. The monoisotopic (exact) mass is 418 g/mol. The predicted molar refractivity (Wildman–Crippen MR) is 118 cm³/mol. The van der Waals surface area contributed by atoms with Crippen molar-refractivity contribution in [3.8, 4) is 17.1 Å². The number of rotatable bonds is 6. The molecule has 4 nitrogen and oxygen atoms in total. The lowest BCUT2D eigenvalue weighted by molar-refractivity contribution is 0.102. The van der Waals surface area contributed by atoms with E-state index in [9.17, 15) is 9.18 Å². The molecule has 0 radical (unpaired) electrons. The van der Waals surface area contributed by atoms with Crippen molar-refractivity contribution in [2.24, 2.45) is 0 Å². The zero-order valence-corrected chi connectivity index (χ0v) is 17.4. The summed E-state index contributed by atoms with van der Waals surface area (Å²) in [6.07, 6.45) is 0. The largest absolute Gasteiger partial charge is 0.497 e. The van der Waals surface area contributed by atoms with E-state index < -0.39 is 0 Å². The number of carbonyl (C=O) groups is 1. The van der Waals surface area contributed by atoms with Crippen LogP contribution in [0.4, 0.5) is 4.39 Å². The minimum Gasteiger partial charge on any atom is -0.497 e. The number of ketones is 1. The molecule has 0 aliphatic carbocycles. The van der Waals surface area contributed by atoms with Crippen LogP contribution in [0, 0.1) is 12.7 Å². The molecule has 3 aromatic carbocycles. The van der Waals surface area contributed by atoms with Crippen molar-refractivity contribution in [3.63, 3.8) is 0 Å². The van der Waals surface area contributed by atoms with Crippen molar-refractivity contribution in [2.75, 3.05) is 12.9 Å². The standard InChI is InChI=1S/C24H19FN2O2S/c1-15-4-3-5-20-22(15)26-23(17-6-10-18(25)11-7-17)27-24(20)30-14-21(28)16-8-12-19(29-2)13-9-16/h3-13H,14H2,1-2H3. The van der Waals surface area contributed by atoms with Gasteiger partial charge in [0.1, 0.15) is 16.6 Å². The first-order chi connectivity index (χ1) is 14.5. The molecule has 0 aliphatic heterocycles. The van der Waals surface area contributed by atoms with E-state index in [-0.39, 0.29) is 17.4 Å². The van der Waals surface area contributed by atoms with E-state index in [0.717, 1.165) is 27.1 Å². The number of hydrogen-bond acceptors (Lipinski definition) is 5. The second-order valence-corrected chi connectivity index (χ2v) is 7.73. The normalized spacial score (nSPS) is 10.9. The lowest BCUT2D eigenvalue weighted by Crippen LogP contribution is -2.03. The van der Waals surface area contributed by atoms with Gasteiger partial charge in [0.25, 0.3) is 0 Å². The van der Waals surface area contributed by atoms with Crippen LogP contribution in [0.5, 0.6) is 5.75 Å². The molecular weight excluding hydrogens is 399 g/mol. The maximum absolute atomic E-state index is 13.3. The minimum atomic E-state index is -0.310. The number of thioether (sulfide) groups is 1. The van der Waals surface area contributed by atoms with E-state index >= 15 is 0 Å². The summed E-state index contributed by atoms with van der Waals surface area (Å²) in [4.78, 5) is 22.1. The Labute approximate surface area is 178 Å². The van der Waals surface area contributed by atoms with E-state index in [1.54, 1.807) is 43.5 Å². The summed E-state index contributed by atoms with van der Waals surface area (Å²) in [6, 6.07) is 19.0. The first kappa shape index (κ1) is 20.0.